The van der Waals surface area contributed by atoms with Crippen molar-refractivity contribution in [3.05, 3.63) is 53.8 Å². The van der Waals surface area contributed by atoms with E-state index >= 15 is 0 Å². The number of sulfonamides is 1. The zero-order chi connectivity index (χ0) is 17.0. The first-order valence-electron chi connectivity index (χ1n) is 6.35. The number of ether oxygens (including phenoxy) is 1. The molecule has 1 amide bonds. The maximum atomic E-state index is 13.4. The summed E-state index contributed by atoms with van der Waals surface area (Å²) in [5, 5.41) is 0. The number of benzene rings is 2. The fraction of sp³-hybridized carbons (Fsp3) is 0.0714. The minimum Gasteiger partial charge on any atom is -0.497 e. The van der Waals surface area contributed by atoms with Crippen LogP contribution in [-0.2, 0) is 10.0 Å². The van der Waals surface area contributed by atoms with Gasteiger partial charge in [-0.3, -0.25) is 14.9 Å². The molecule has 0 saturated carbocycles. The summed E-state index contributed by atoms with van der Waals surface area (Å²) in [7, 11) is -2.56. The van der Waals surface area contributed by atoms with E-state index in [0.29, 0.717) is 5.75 Å². The van der Waals surface area contributed by atoms with Crippen LogP contribution in [0.1, 0.15) is 10.4 Å². The van der Waals surface area contributed by atoms with Gasteiger partial charge in [-0.1, -0.05) is 0 Å². The Labute approximate surface area is 132 Å². The first-order valence-corrected chi connectivity index (χ1v) is 7.83. The van der Waals surface area contributed by atoms with Gasteiger partial charge in [0.15, 0.2) is 0 Å². The van der Waals surface area contributed by atoms with Crippen LogP contribution in [0.2, 0.25) is 0 Å². The molecule has 0 fully saturated rings. The smallest absolute Gasteiger partial charge is 0.267 e. The summed E-state index contributed by atoms with van der Waals surface area (Å²) in [6, 6.07) is 8.62. The molecule has 0 bridgehead atoms. The van der Waals surface area contributed by atoms with E-state index in [4.69, 9.17) is 10.6 Å². The topological polar surface area (TPSA) is 111 Å². The molecule has 122 valence electrons. The second-order valence-electron chi connectivity index (χ2n) is 4.44. The van der Waals surface area contributed by atoms with Gasteiger partial charge >= 0.3 is 0 Å². The minimum absolute atomic E-state index is 0.0679. The number of hydrogen-bond donors (Lipinski definition) is 3. The lowest BCUT2D eigenvalue weighted by atomic mass is 10.1. The highest BCUT2D eigenvalue weighted by Crippen LogP contribution is 2.22. The summed E-state index contributed by atoms with van der Waals surface area (Å²) in [6.45, 7) is 0. The van der Waals surface area contributed by atoms with Crippen LogP contribution < -0.4 is 20.7 Å². The van der Waals surface area contributed by atoms with Crippen LogP contribution in [-0.4, -0.2) is 21.4 Å². The van der Waals surface area contributed by atoms with Crippen molar-refractivity contribution in [2.24, 2.45) is 5.84 Å². The summed E-state index contributed by atoms with van der Waals surface area (Å²) in [4.78, 5) is 11.6. The molecule has 0 aliphatic rings. The van der Waals surface area contributed by atoms with Crippen molar-refractivity contribution in [3.8, 4) is 5.75 Å². The van der Waals surface area contributed by atoms with Crippen molar-refractivity contribution in [2.75, 3.05) is 11.8 Å². The molecular formula is C14H14FN3O4S. The van der Waals surface area contributed by atoms with E-state index in [2.05, 4.69) is 4.72 Å². The maximum absolute atomic E-state index is 13.4. The lowest BCUT2D eigenvalue weighted by Crippen LogP contribution is -2.31. The first-order chi connectivity index (χ1) is 10.9. The van der Waals surface area contributed by atoms with Crippen LogP contribution in [0.15, 0.2) is 47.4 Å². The number of nitrogen functional groups attached to an aromatic ring is 1. The third-order valence-corrected chi connectivity index (χ3v) is 4.35. The third kappa shape index (κ3) is 3.76. The number of amides is 1. The fourth-order valence-electron chi connectivity index (χ4n) is 1.84. The highest BCUT2D eigenvalue weighted by atomic mass is 32.2. The van der Waals surface area contributed by atoms with E-state index < -0.39 is 21.7 Å². The quantitative estimate of drug-likeness (QED) is 0.431. The Hall–Kier alpha value is -2.65. The predicted molar refractivity (Wildman–Crippen MR) is 81.9 cm³/mol. The number of carbonyl (C=O) groups is 1. The average Bonchev–Trinajstić information content (AvgIpc) is 2.54. The molecule has 9 heteroatoms. The predicted octanol–water partition coefficient (Wildman–Crippen LogP) is 1.24. The number of halogens is 1. The Bertz CT molecular complexity index is 822. The standard InChI is InChI=1S/C14H14FN3O4S/c1-22-10-3-5-11(6-4-10)23(20,21)18-13-8-9(15)2-7-12(13)14(19)17-16/h2-8,18H,16H2,1H3,(H,17,19). The third-order valence-electron chi connectivity index (χ3n) is 2.97. The van der Waals surface area contributed by atoms with E-state index in [0.717, 1.165) is 18.2 Å². The maximum Gasteiger partial charge on any atom is 0.267 e. The number of rotatable bonds is 5. The van der Waals surface area contributed by atoms with E-state index in [1.54, 1.807) is 0 Å². The lowest BCUT2D eigenvalue weighted by molar-refractivity contribution is 0.0954. The van der Waals surface area contributed by atoms with Crippen molar-refractivity contribution in [2.45, 2.75) is 4.90 Å². The molecule has 4 N–H and O–H groups in total. The fourth-order valence-corrected chi connectivity index (χ4v) is 2.91. The number of nitrogens with two attached hydrogens (primary N) is 1. The molecule has 2 aromatic carbocycles. The van der Waals surface area contributed by atoms with Gasteiger partial charge in [0.1, 0.15) is 11.6 Å². The van der Waals surface area contributed by atoms with Gasteiger partial charge in [0.2, 0.25) is 0 Å². The molecule has 0 radical (unpaired) electrons. The number of hydrogen-bond acceptors (Lipinski definition) is 5. The first kappa shape index (κ1) is 16.7. The second kappa shape index (κ2) is 6.63. The Morgan fingerprint density at radius 2 is 1.83 bits per heavy atom. The zero-order valence-electron chi connectivity index (χ0n) is 12.0. The Morgan fingerprint density at radius 3 is 2.39 bits per heavy atom. The van der Waals surface area contributed by atoms with Crippen molar-refractivity contribution >= 4 is 21.6 Å². The van der Waals surface area contributed by atoms with Crippen molar-refractivity contribution in [1.82, 2.24) is 5.43 Å². The van der Waals surface area contributed by atoms with E-state index in [9.17, 15) is 17.6 Å². The lowest BCUT2D eigenvalue weighted by Gasteiger charge is -2.12. The van der Waals surface area contributed by atoms with Crippen LogP contribution in [0.5, 0.6) is 5.75 Å². The van der Waals surface area contributed by atoms with Crippen molar-refractivity contribution < 1.29 is 22.3 Å². The molecular weight excluding hydrogens is 325 g/mol. The van der Waals surface area contributed by atoms with Crippen LogP contribution in [0, 0.1) is 5.82 Å². The largest absolute Gasteiger partial charge is 0.497 e. The number of hydrazine groups is 1. The van der Waals surface area contributed by atoms with Crippen LogP contribution >= 0.6 is 0 Å². The number of anilines is 1. The van der Waals surface area contributed by atoms with Gasteiger partial charge in [0.25, 0.3) is 15.9 Å². The summed E-state index contributed by atoms with van der Waals surface area (Å²) in [5.41, 5.74) is 1.54. The molecule has 0 heterocycles. The number of methoxy groups -OCH3 is 1. The van der Waals surface area contributed by atoms with Gasteiger partial charge in [-0.05, 0) is 42.5 Å². The highest BCUT2D eigenvalue weighted by Gasteiger charge is 2.19. The Kier molecular flexibility index (Phi) is 4.82. The van der Waals surface area contributed by atoms with Crippen LogP contribution in [0.25, 0.3) is 0 Å². The molecule has 0 aromatic heterocycles. The average molecular weight is 339 g/mol. The van der Waals surface area contributed by atoms with Crippen molar-refractivity contribution in [1.29, 1.82) is 0 Å². The molecule has 23 heavy (non-hydrogen) atoms. The molecule has 7 nitrogen and oxygen atoms in total. The SMILES string of the molecule is COc1ccc(S(=O)(=O)Nc2cc(F)ccc2C(=O)NN)cc1. The summed E-state index contributed by atoms with van der Waals surface area (Å²) in [5.74, 6) is 4.06. The zero-order valence-corrected chi connectivity index (χ0v) is 12.9. The van der Waals surface area contributed by atoms with E-state index in [1.165, 1.54) is 31.4 Å². The van der Waals surface area contributed by atoms with E-state index in [-0.39, 0.29) is 16.1 Å². The summed E-state index contributed by atoms with van der Waals surface area (Å²) in [6.07, 6.45) is 0. The monoisotopic (exact) mass is 339 g/mol. The Morgan fingerprint density at radius 1 is 1.17 bits per heavy atom. The molecule has 0 spiro atoms. The van der Waals surface area contributed by atoms with Gasteiger partial charge in [0, 0.05) is 0 Å². The highest BCUT2D eigenvalue weighted by molar-refractivity contribution is 7.92. The normalized spacial score (nSPS) is 10.9. The minimum atomic E-state index is -4.01. The van der Waals surface area contributed by atoms with E-state index in [1.807, 2.05) is 5.43 Å². The van der Waals surface area contributed by atoms with Gasteiger partial charge < -0.3 is 4.74 Å². The van der Waals surface area contributed by atoms with Gasteiger partial charge in [0.05, 0.1) is 23.3 Å². The second-order valence-corrected chi connectivity index (χ2v) is 6.13. The summed E-state index contributed by atoms with van der Waals surface area (Å²) >= 11 is 0. The molecule has 0 atom stereocenters. The molecule has 0 aliphatic heterocycles. The molecule has 0 saturated heterocycles. The Balaban J connectivity index is 2.40. The van der Waals surface area contributed by atoms with Gasteiger partial charge in [-0.25, -0.2) is 18.7 Å². The van der Waals surface area contributed by atoms with Gasteiger partial charge in [-0.15, -0.1) is 0 Å². The summed E-state index contributed by atoms with van der Waals surface area (Å²) < 4.78 is 45.2. The van der Waals surface area contributed by atoms with Crippen molar-refractivity contribution in [3.63, 3.8) is 0 Å². The van der Waals surface area contributed by atoms with Crippen LogP contribution in [0.4, 0.5) is 10.1 Å². The van der Waals surface area contributed by atoms with Crippen LogP contribution in [0.3, 0.4) is 0 Å². The molecule has 2 aromatic rings. The van der Waals surface area contributed by atoms with Gasteiger partial charge in [-0.2, -0.15) is 0 Å². The molecule has 0 unspecified atom stereocenters. The number of carbonyl (C=O) groups excluding carboxylic acids is 1. The molecule has 0 aliphatic carbocycles. The number of nitrogens with one attached hydrogen (secondary N) is 2. The molecule has 2 rings (SSSR count).